The van der Waals surface area contributed by atoms with Gasteiger partial charge in [-0.15, -0.1) is 0 Å². The van der Waals surface area contributed by atoms with E-state index in [1.807, 2.05) is 13.8 Å². The van der Waals surface area contributed by atoms with Crippen LogP contribution >= 0.6 is 0 Å². The Balaban J connectivity index is 1.72. The van der Waals surface area contributed by atoms with E-state index in [4.69, 9.17) is 0 Å². The molecule has 3 heterocycles. The van der Waals surface area contributed by atoms with Gasteiger partial charge in [-0.05, 0) is 30.5 Å². The normalized spacial score (nSPS) is 12.1. The van der Waals surface area contributed by atoms with E-state index < -0.39 is 28.8 Å². The van der Waals surface area contributed by atoms with E-state index in [-0.39, 0.29) is 29.8 Å². The molecule has 0 saturated carbocycles. The number of hydrogen-bond acceptors (Lipinski definition) is 4. The van der Waals surface area contributed by atoms with Gasteiger partial charge in [-0.2, -0.15) is 18.3 Å². The van der Waals surface area contributed by atoms with Gasteiger partial charge in [0.2, 0.25) is 0 Å². The molecule has 0 aliphatic rings. The number of benzene rings is 1. The van der Waals surface area contributed by atoms with E-state index in [0.29, 0.717) is 30.8 Å². The fourth-order valence-electron chi connectivity index (χ4n) is 3.80. The van der Waals surface area contributed by atoms with Gasteiger partial charge in [0.25, 0.3) is 5.56 Å². The second kappa shape index (κ2) is 8.92. The van der Waals surface area contributed by atoms with Crippen LogP contribution in [0.5, 0.6) is 0 Å². The second-order valence-corrected chi connectivity index (χ2v) is 7.91. The number of aromatic amines is 1. The Morgan fingerprint density at radius 2 is 1.76 bits per heavy atom. The first-order valence-electron chi connectivity index (χ1n) is 10.8. The van der Waals surface area contributed by atoms with Crippen molar-refractivity contribution in [2.45, 2.75) is 52.5 Å². The van der Waals surface area contributed by atoms with Crippen molar-refractivity contribution < 1.29 is 17.6 Å². The Hall–Kier alpha value is -3.70. The molecular weight excluding hydrogens is 456 g/mol. The van der Waals surface area contributed by atoms with Gasteiger partial charge >= 0.3 is 11.9 Å². The lowest BCUT2D eigenvalue weighted by molar-refractivity contribution is -0.140. The molecule has 8 nitrogen and oxygen atoms in total. The molecule has 0 aliphatic heterocycles. The zero-order valence-corrected chi connectivity index (χ0v) is 18.5. The number of aromatic nitrogens is 6. The maximum Gasteiger partial charge on any atom is 0.419 e. The summed E-state index contributed by atoms with van der Waals surface area (Å²) in [5, 5.41) is 4.15. The minimum Gasteiger partial charge on any atom is -0.332 e. The van der Waals surface area contributed by atoms with Crippen LogP contribution in [0.25, 0.3) is 22.6 Å². The summed E-state index contributed by atoms with van der Waals surface area (Å²) in [6.45, 7) is 4.40. The molecule has 0 radical (unpaired) electrons. The predicted molar refractivity (Wildman–Crippen MR) is 117 cm³/mol. The monoisotopic (exact) mass is 478 g/mol. The van der Waals surface area contributed by atoms with Crippen molar-refractivity contribution in [1.29, 1.82) is 0 Å². The highest BCUT2D eigenvalue weighted by atomic mass is 19.4. The highest BCUT2D eigenvalue weighted by Crippen LogP contribution is 2.32. The summed E-state index contributed by atoms with van der Waals surface area (Å²) in [5.74, 6) is -1.04. The van der Waals surface area contributed by atoms with Gasteiger partial charge in [0.1, 0.15) is 17.2 Å². The standard InChI is InChI=1S/C22H22F4N6O2/c1-3-7-31-19-17(20(33)32(8-4-2)21(31)34)28-18(29-19)14-10-27-30(12-14)11-13-5-6-16(23)15(9-13)22(24,25)26/h5-6,9-10,12H,3-4,7-8,11H2,1-2H3,(H,28,29). The molecule has 4 aromatic rings. The summed E-state index contributed by atoms with van der Waals surface area (Å²) in [6, 6.07) is 2.78. The zero-order chi connectivity index (χ0) is 24.6. The van der Waals surface area contributed by atoms with Gasteiger partial charge in [0, 0.05) is 19.3 Å². The number of alkyl halides is 3. The number of rotatable bonds is 7. The predicted octanol–water partition coefficient (Wildman–Crippen LogP) is 3.78. The SMILES string of the molecule is CCCn1c(=O)c2[nH]c(-c3cnn(Cc4ccc(F)c(C(F)(F)F)c4)c3)nc2n(CCC)c1=O. The van der Waals surface area contributed by atoms with Crippen molar-refractivity contribution in [3.63, 3.8) is 0 Å². The van der Waals surface area contributed by atoms with E-state index >= 15 is 0 Å². The summed E-state index contributed by atoms with van der Waals surface area (Å²) in [4.78, 5) is 33.1. The van der Waals surface area contributed by atoms with E-state index in [9.17, 15) is 27.2 Å². The molecule has 0 saturated heterocycles. The van der Waals surface area contributed by atoms with Crippen LogP contribution in [0.2, 0.25) is 0 Å². The van der Waals surface area contributed by atoms with Crippen LogP contribution < -0.4 is 11.2 Å². The Bertz CT molecular complexity index is 1460. The van der Waals surface area contributed by atoms with Gasteiger partial charge in [-0.1, -0.05) is 19.9 Å². The average Bonchev–Trinajstić information content (AvgIpc) is 3.42. The molecule has 3 aromatic heterocycles. The fourth-order valence-corrected chi connectivity index (χ4v) is 3.80. The van der Waals surface area contributed by atoms with E-state index in [2.05, 4.69) is 15.1 Å². The van der Waals surface area contributed by atoms with Crippen molar-refractivity contribution in [2.75, 3.05) is 0 Å². The summed E-state index contributed by atoms with van der Waals surface area (Å²) < 4.78 is 56.5. The maximum absolute atomic E-state index is 13.6. The molecule has 34 heavy (non-hydrogen) atoms. The van der Waals surface area contributed by atoms with Crippen molar-refractivity contribution in [2.24, 2.45) is 0 Å². The van der Waals surface area contributed by atoms with Gasteiger partial charge in [0.05, 0.1) is 23.9 Å². The van der Waals surface area contributed by atoms with Gasteiger partial charge in [0.15, 0.2) is 5.65 Å². The largest absolute Gasteiger partial charge is 0.419 e. The van der Waals surface area contributed by atoms with Crippen LogP contribution in [0.15, 0.2) is 40.2 Å². The molecule has 0 unspecified atom stereocenters. The first-order chi connectivity index (χ1) is 16.1. The van der Waals surface area contributed by atoms with E-state index in [1.165, 1.54) is 26.1 Å². The Kier molecular flexibility index (Phi) is 6.15. The van der Waals surface area contributed by atoms with Crippen LogP contribution in [0, 0.1) is 5.82 Å². The minimum absolute atomic E-state index is 0.0343. The summed E-state index contributed by atoms with van der Waals surface area (Å²) in [5.41, 5.74) is -1.11. The summed E-state index contributed by atoms with van der Waals surface area (Å²) in [6.07, 6.45) is -0.542. The third kappa shape index (κ3) is 4.27. The average molecular weight is 478 g/mol. The molecule has 0 bridgehead atoms. The highest BCUT2D eigenvalue weighted by molar-refractivity contribution is 5.75. The van der Waals surface area contributed by atoms with Crippen LogP contribution in [-0.4, -0.2) is 28.9 Å². The lowest BCUT2D eigenvalue weighted by Crippen LogP contribution is -2.40. The van der Waals surface area contributed by atoms with Gasteiger partial charge in [-0.25, -0.2) is 14.2 Å². The minimum atomic E-state index is -4.80. The number of nitrogens with one attached hydrogen (secondary N) is 1. The highest BCUT2D eigenvalue weighted by Gasteiger charge is 2.34. The number of halogens is 4. The second-order valence-electron chi connectivity index (χ2n) is 7.91. The zero-order valence-electron chi connectivity index (χ0n) is 18.5. The van der Waals surface area contributed by atoms with Crippen molar-refractivity contribution in [3.8, 4) is 11.4 Å². The third-order valence-corrected chi connectivity index (χ3v) is 5.34. The molecule has 4 rings (SSSR count). The number of aryl methyl sites for hydroxylation is 1. The molecule has 0 fully saturated rings. The van der Waals surface area contributed by atoms with Crippen LogP contribution in [0.4, 0.5) is 17.6 Å². The first-order valence-corrected chi connectivity index (χ1v) is 10.8. The lowest BCUT2D eigenvalue weighted by atomic mass is 10.1. The molecule has 0 amide bonds. The maximum atomic E-state index is 13.6. The third-order valence-electron chi connectivity index (χ3n) is 5.34. The van der Waals surface area contributed by atoms with Crippen LogP contribution in [0.1, 0.15) is 37.8 Å². The van der Waals surface area contributed by atoms with Gasteiger partial charge in [-0.3, -0.25) is 18.6 Å². The Morgan fingerprint density at radius 3 is 2.44 bits per heavy atom. The summed E-state index contributed by atoms with van der Waals surface area (Å²) >= 11 is 0. The smallest absolute Gasteiger partial charge is 0.332 e. The van der Waals surface area contributed by atoms with Crippen molar-refractivity contribution >= 4 is 11.2 Å². The number of hydrogen-bond donors (Lipinski definition) is 1. The molecule has 0 spiro atoms. The van der Waals surface area contributed by atoms with Crippen LogP contribution in [-0.2, 0) is 25.8 Å². The van der Waals surface area contributed by atoms with E-state index in [1.54, 1.807) is 6.20 Å². The van der Waals surface area contributed by atoms with Crippen LogP contribution in [0.3, 0.4) is 0 Å². The molecular formula is C22H22F4N6O2. The molecule has 1 aromatic carbocycles. The van der Waals surface area contributed by atoms with Gasteiger partial charge < -0.3 is 4.98 Å². The number of imidazole rings is 1. The Labute approximate surface area is 190 Å². The molecule has 0 aliphatic carbocycles. The lowest BCUT2D eigenvalue weighted by Gasteiger charge is -2.10. The molecule has 1 N–H and O–H groups in total. The first kappa shape index (κ1) is 23.5. The van der Waals surface area contributed by atoms with Crippen molar-refractivity contribution in [1.82, 2.24) is 28.9 Å². The number of nitrogens with zero attached hydrogens (tertiary/aromatic N) is 5. The number of H-pyrrole nitrogens is 1. The molecule has 0 atom stereocenters. The molecule has 12 heteroatoms. The Morgan fingerprint density at radius 1 is 1.06 bits per heavy atom. The van der Waals surface area contributed by atoms with Crippen molar-refractivity contribution in [3.05, 3.63) is 68.4 Å². The molecule has 180 valence electrons. The topological polar surface area (TPSA) is 90.5 Å². The van der Waals surface area contributed by atoms with E-state index in [0.717, 1.165) is 12.1 Å². The summed E-state index contributed by atoms with van der Waals surface area (Å²) in [7, 11) is 0. The quantitative estimate of drug-likeness (QED) is 0.410. The fraction of sp³-hybridized carbons (Fsp3) is 0.364. The number of fused-ring (bicyclic) bond motifs is 1.